The molecule has 5 amide bonds. The number of hydrogen-bond donors (Lipinski definition) is 12. The molecule has 7 aliphatic heterocycles. The normalized spacial score (nSPS) is 23.8. The number of carboxylic acid groups (broad SMARTS) is 2. The molecule has 23 nitrogen and oxygen atoms in total. The van der Waals surface area contributed by atoms with Crippen LogP contribution in [-0.4, -0.2) is 177 Å². The highest BCUT2D eigenvalue weighted by Gasteiger charge is 2.30. The highest BCUT2D eigenvalue weighted by Crippen LogP contribution is 2.19. The Bertz CT molecular complexity index is 1490. The molecule has 0 aromatic carbocycles. The van der Waals surface area contributed by atoms with Crippen molar-refractivity contribution in [2.24, 2.45) is 58.3 Å². The fourth-order valence-corrected chi connectivity index (χ4v) is 8.40. The summed E-state index contributed by atoms with van der Waals surface area (Å²) in [4.78, 5) is 79.3. The smallest absolute Gasteiger partial charge is 0.410 e. The number of carbonyl (C=O) groups is 7. The lowest BCUT2D eigenvalue weighted by atomic mass is 9.98. The molecule has 17 N–H and O–H groups in total. The number of nitrogens with two attached hydrogens (primary N) is 5. The molecule has 0 saturated carbocycles. The second-order valence-electron chi connectivity index (χ2n) is 21.8. The van der Waals surface area contributed by atoms with Gasteiger partial charge in [-0.1, -0.05) is 52.0 Å². The maximum absolute atomic E-state index is 11.7. The monoisotopic (exact) mass is 1150 g/mol. The Morgan fingerprint density at radius 3 is 0.887 bits per heavy atom. The van der Waals surface area contributed by atoms with Crippen molar-refractivity contribution in [2.45, 2.75) is 207 Å². The van der Waals surface area contributed by atoms with Crippen molar-refractivity contribution in [3.63, 3.8) is 0 Å². The Hall–Kier alpha value is -4.39. The Morgan fingerprint density at radius 2 is 0.675 bits per heavy atom. The van der Waals surface area contributed by atoms with Gasteiger partial charge in [-0.05, 0) is 164 Å². The van der Waals surface area contributed by atoms with Crippen LogP contribution in [0.5, 0.6) is 0 Å². The molecular weight excluding hydrogens is 1030 g/mol. The van der Waals surface area contributed by atoms with Crippen molar-refractivity contribution in [1.29, 1.82) is 0 Å². The SMILES string of the molecule is C.C.C.C.C.C.C.CC(C)(C)OC(=O)N1CCCC(C(N)=O)C1.CC(C)(C)OC(=O)N1CCCC(N)C1.NC(=O)C1CCCNC1.NC(=O)C1CCCNC1.NC1CCCNC1.O=C(O)C1CCCNC1.O=C(O)C1CCCNC1. The molecule has 23 heteroatoms. The molecule has 7 heterocycles. The van der Waals surface area contributed by atoms with E-state index in [-0.39, 0.29) is 118 Å². The van der Waals surface area contributed by atoms with E-state index >= 15 is 0 Å². The summed E-state index contributed by atoms with van der Waals surface area (Å²) in [6.07, 6.45) is 13.1. The van der Waals surface area contributed by atoms with Crippen LogP contribution in [0.25, 0.3) is 0 Å². The van der Waals surface area contributed by atoms with Crippen LogP contribution in [0.15, 0.2) is 0 Å². The molecule has 7 aliphatic rings. The van der Waals surface area contributed by atoms with Crippen LogP contribution in [0.3, 0.4) is 0 Å². The van der Waals surface area contributed by atoms with E-state index < -0.39 is 23.1 Å². The quantitative estimate of drug-likeness (QED) is 0.157. The summed E-state index contributed by atoms with van der Waals surface area (Å²) in [6.45, 7) is 22.5. The third kappa shape index (κ3) is 44.3. The number of nitrogens with zero attached hydrogens (tertiary/aromatic N) is 2. The molecule has 0 radical (unpaired) electrons. The number of hydrogen-bond acceptors (Lipinski definition) is 16. The van der Waals surface area contributed by atoms with Gasteiger partial charge in [-0.2, -0.15) is 0 Å². The number of likely N-dealkylation sites (tertiary alicyclic amines) is 2. The molecule has 7 atom stereocenters. The van der Waals surface area contributed by atoms with Gasteiger partial charge in [0.25, 0.3) is 0 Å². The van der Waals surface area contributed by atoms with Gasteiger partial charge in [0.2, 0.25) is 17.7 Å². The van der Waals surface area contributed by atoms with Gasteiger partial charge in [-0.25, -0.2) is 9.59 Å². The number of piperidine rings is 7. The predicted octanol–water partition coefficient (Wildman–Crippen LogP) is 5.70. The fourth-order valence-electron chi connectivity index (χ4n) is 8.40. The minimum atomic E-state index is -0.665. The van der Waals surface area contributed by atoms with E-state index in [1.54, 1.807) is 9.80 Å². The van der Waals surface area contributed by atoms with E-state index in [0.29, 0.717) is 38.8 Å². The van der Waals surface area contributed by atoms with Gasteiger partial charge in [0.1, 0.15) is 11.2 Å². The summed E-state index contributed by atoms with van der Waals surface area (Å²) < 4.78 is 10.5. The number of primary amides is 3. The second-order valence-corrected chi connectivity index (χ2v) is 21.8. The molecule has 0 aromatic rings. The molecule has 0 aliphatic carbocycles. The third-order valence-electron chi connectivity index (χ3n) is 12.6. The highest BCUT2D eigenvalue weighted by molar-refractivity contribution is 5.78. The first-order valence-corrected chi connectivity index (χ1v) is 26.6. The standard InChI is InChI=1S/C11H20N2O3.C10H20N2O2.2C6H12N2O.2C6H11NO2.C5H12N2.7CH4/c1-11(2,3)16-10(15)13-6-4-5-8(7-13)9(12)14;1-10(2,3)14-9(13)12-6-4-5-8(11)7-12;2*7-6(9)5-2-1-3-8-4-5;2*8-6(9)5-2-1-3-7-4-5;6-5-2-1-3-7-4-5;;;;;;;/h8H,4-7H2,1-3H3,(H2,12,14);8H,4-7,11H2,1-3H3;2*5,8H,1-4H2,(H2,7,9);2*5,7H,1-4H2,(H,8,9);5,7H,1-4,6H2;7*1H4. The van der Waals surface area contributed by atoms with Gasteiger partial charge in [-0.15, -0.1) is 0 Å². The zero-order chi connectivity index (χ0) is 55.0. The summed E-state index contributed by atoms with van der Waals surface area (Å²) in [7, 11) is 0. The molecule has 480 valence electrons. The molecule has 80 heavy (non-hydrogen) atoms. The number of ether oxygens (including phenoxy) is 2. The average molecular weight is 1160 g/mol. The van der Waals surface area contributed by atoms with Crippen molar-refractivity contribution in [2.75, 3.05) is 91.6 Å². The van der Waals surface area contributed by atoms with Gasteiger partial charge >= 0.3 is 24.1 Å². The number of nitrogens with one attached hydrogen (secondary N) is 5. The van der Waals surface area contributed by atoms with E-state index in [4.69, 9.17) is 48.4 Å². The van der Waals surface area contributed by atoms with E-state index in [2.05, 4.69) is 26.6 Å². The van der Waals surface area contributed by atoms with E-state index in [1.807, 2.05) is 41.5 Å². The molecule has 0 bridgehead atoms. The zero-order valence-electron chi connectivity index (χ0n) is 45.2. The van der Waals surface area contributed by atoms with Crippen molar-refractivity contribution >= 4 is 41.8 Å². The lowest BCUT2D eigenvalue weighted by Gasteiger charge is -2.32. The van der Waals surface area contributed by atoms with Crippen molar-refractivity contribution in [1.82, 2.24) is 36.4 Å². The molecule has 7 unspecified atom stereocenters. The highest BCUT2D eigenvalue weighted by atomic mass is 16.6. The van der Waals surface area contributed by atoms with Gasteiger partial charge in [-0.3, -0.25) is 24.0 Å². The maximum Gasteiger partial charge on any atom is 0.410 e. The van der Waals surface area contributed by atoms with Crippen molar-refractivity contribution < 1.29 is 53.2 Å². The van der Waals surface area contributed by atoms with Gasteiger partial charge < -0.3 is 84.7 Å². The first-order valence-electron chi connectivity index (χ1n) is 26.6. The predicted molar refractivity (Wildman–Crippen MR) is 328 cm³/mol. The number of amides is 5. The lowest BCUT2D eigenvalue weighted by molar-refractivity contribution is -0.143. The molecule has 7 rings (SSSR count). The number of carboxylic acids is 2. The number of aliphatic carboxylic acids is 2. The Labute approximate surface area is 486 Å². The summed E-state index contributed by atoms with van der Waals surface area (Å²) in [5.74, 6) is -2.35. The first-order chi connectivity index (χ1) is 34.3. The molecule has 7 fully saturated rings. The number of rotatable bonds is 5. The topological polar surface area (TPSA) is 375 Å². The van der Waals surface area contributed by atoms with Gasteiger partial charge in [0, 0.05) is 71.0 Å². The van der Waals surface area contributed by atoms with Gasteiger partial charge in [0.05, 0.1) is 29.6 Å². The number of carbonyl (C=O) groups excluding carboxylic acids is 5. The third-order valence-corrected chi connectivity index (χ3v) is 12.6. The largest absolute Gasteiger partial charge is 0.481 e. The second kappa shape index (κ2) is 49.2. The lowest BCUT2D eigenvalue weighted by Crippen LogP contribution is -2.47. The van der Waals surface area contributed by atoms with E-state index in [1.165, 1.54) is 12.8 Å². The molecule has 0 aromatic heterocycles. The Morgan fingerprint density at radius 1 is 0.400 bits per heavy atom. The van der Waals surface area contributed by atoms with Crippen LogP contribution in [0.2, 0.25) is 0 Å². The fraction of sp³-hybridized carbons (Fsp3) is 0.877. The van der Waals surface area contributed by atoms with Crippen LogP contribution >= 0.6 is 0 Å². The first kappa shape index (κ1) is 89.4. The zero-order valence-corrected chi connectivity index (χ0v) is 45.2. The Kier molecular flexibility index (Phi) is 55.0. The summed E-state index contributed by atoms with van der Waals surface area (Å²) >= 11 is 0. The van der Waals surface area contributed by atoms with Crippen LogP contribution < -0.4 is 55.3 Å². The van der Waals surface area contributed by atoms with Crippen LogP contribution in [-0.2, 0) is 33.4 Å². The Balaban J connectivity index is -0.000000155. The average Bonchev–Trinajstić information content (AvgIpc) is 3.35. The summed E-state index contributed by atoms with van der Waals surface area (Å²) in [6, 6.07) is 0.532. The molecular formula is C57H126N12O11. The summed E-state index contributed by atoms with van der Waals surface area (Å²) in [5.41, 5.74) is 25.8. The van der Waals surface area contributed by atoms with Gasteiger partial charge in [0.15, 0.2) is 0 Å². The molecule has 7 saturated heterocycles. The van der Waals surface area contributed by atoms with Crippen molar-refractivity contribution in [3.8, 4) is 0 Å². The molecule has 0 spiro atoms. The van der Waals surface area contributed by atoms with E-state index in [9.17, 15) is 33.6 Å². The van der Waals surface area contributed by atoms with Crippen LogP contribution in [0.4, 0.5) is 9.59 Å². The maximum atomic E-state index is 11.7. The van der Waals surface area contributed by atoms with Crippen LogP contribution in [0.1, 0.15) is 183 Å². The minimum Gasteiger partial charge on any atom is -0.481 e. The van der Waals surface area contributed by atoms with Crippen molar-refractivity contribution in [3.05, 3.63) is 0 Å². The van der Waals surface area contributed by atoms with Crippen LogP contribution in [0, 0.1) is 29.6 Å². The summed E-state index contributed by atoms with van der Waals surface area (Å²) in [5, 5.41) is 32.5. The minimum absolute atomic E-state index is 0. The van der Waals surface area contributed by atoms with E-state index in [0.717, 1.165) is 136 Å².